The maximum atomic E-state index is 11.2. The smallest absolute Gasteiger partial charge is 0.220 e. The van der Waals surface area contributed by atoms with Crippen molar-refractivity contribution in [2.24, 2.45) is 0 Å². The molecule has 0 saturated carbocycles. The molecular weight excluding hydrogens is 186 g/mol. The summed E-state index contributed by atoms with van der Waals surface area (Å²) in [4.78, 5) is 11.2. The van der Waals surface area contributed by atoms with Crippen LogP contribution < -0.4 is 5.32 Å². The van der Waals surface area contributed by atoms with Crippen molar-refractivity contribution in [3.05, 3.63) is 35.4 Å². The fourth-order valence-corrected chi connectivity index (χ4v) is 3.00. The summed E-state index contributed by atoms with van der Waals surface area (Å²) < 4.78 is 0. The third-order valence-electron chi connectivity index (χ3n) is 3.92. The van der Waals surface area contributed by atoms with E-state index in [0.717, 1.165) is 13.0 Å². The van der Waals surface area contributed by atoms with Crippen LogP contribution in [0.3, 0.4) is 0 Å². The summed E-state index contributed by atoms with van der Waals surface area (Å²) in [5.41, 5.74) is 3.21. The minimum atomic E-state index is 0.213. The zero-order valence-corrected chi connectivity index (χ0v) is 8.75. The van der Waals surface area contributed by atoms with Crippen LogP contribution >= 0.6 is 0 Å². The van der Waals surface area contributed by atoms with Gasteiger partial charge in [0.15, 0.2) is 0 Å². The van der Waals surface area contributed by atoms with Gasteiger partial charge in [-0.1, -0.05) is 24.3 Å². The molecule has 2 nitrogen and oxygen atoms in total. The molecule has 1 saturated heterocycles. The van der Waals surface area contributed by atoms with Gasteiger partial charge in [0.25, 0.3) is 0 Å². The number of aryl methyl sites for hydroxylation is 1. The van der Waals surface area contributed by atoms with Gasteiger partial charge in [-0.05, 0) is 30.4 Å². The summed E-state index contributed by atoms with van der Waals surface area (Å²) in [5, 5.41) is 3.02. The molecule has 2 heteroatoms. The van der Waals surface area contributed by atoms with Crippen LogP contribution in [0.1, 0.15) is 30.4 Å². The number of piperidine rings is 1. The highest BCUT2D eigenvalue weighted by Crippen LogP contribution is 2.43. The number of amides is 1. The van der Waals surface area contributed by atoms with Crippen molar-refractivity contribution >= 4 is 5.91 Å². The number of carbonyl (C=O) groups excluding carboxylic acids is 1. The van der Waals surface area contributed by atoms with Crippen LogP contribution in [0.5, 0.6) is 0 Å². The first-order chi connectivity index (χ1) is 7.30. The Labute approximate surface area is 89.7 Å². The van der Waals surface area contributed by atoms with Crippen molar-refractivity contribution < 1.29 is 4.79 Å². The Morgan fingerprint density at radius 3 is 2.73 bits per heavy atom. The molecule has 0 radical (unpaired) electrons. The lowest BCUT2D eigenvalue weighted by Crippen LogP contribution is -2.44. The van der Waals surface area contributed by atoms with Crippen molar-refractivity contribution in [1.29, 1.82) is 0 Å². The summed E-state index contributed by atoms with van der Waals surface area (Å²) >= 11 is 0. The van der Waals surface area contributed by atoms with Gasteiger partial charge in [-0.3, -0.25) is 4.79 Å². The number of benzene rings is 1. The van der Waals surface area contributed by atoms with E-state index in [4.69, 9.17) is 0 Å². The van der Waals surface area contributed by atoms with E-state index in [1.807, 2.05) is 0 Å². The Bertz CT molecular complexity index is 401. The monoisotopic (exact) mass is 201 g/mol. The molecule has 1 N–H and O–H groups in total. The van der Waals surface area contributed by atoms with E-state index in [2.05, 4.69) is 29.6 Å². The molecule has 1 aromatic carbocycles. The van der Waals surface area contributed by atoms with Gasteiger partial charge in [-0.15, -0.1) is 0 Å². The first kappa shape index (κ1) is 8.96. The quantitative estimate of drug-likeness (QED) is 0.681. The molecule has 1 aromatic rings. The average molecular weight is 201 g/mol. The fraction of sp³-hybridized carbons (Fsp3) is 0.462. The van der Waals surface area contributed by atoms with Gasteiger partial charge >= 0.3 is 0 Å². The second kappa shape index (κ2) is 3.09. The van der Waals surface area contributed by atoms with Gasteiger partial charge in [0.05, 0.1) is 0 Å². The fourth-order valence-electron chi connectivity index (χ4n) is 3.00. The predicted octanol–water partition coefficient (Wildman–Crippen LogP) is 1.78. The predicted molar refractivity (Wildman–Crippen MR) is 58.7 cm³/mol. The number of fused-ring (bicyclic) bond motifs is 2. The maximum absolute atomic E-state index is 11.2. The van der Waals surface area contributed by atoms with Crippen LogP contribution in [-0.2, 0) is 16.6 Å². The molecule has 0 aromatic heterocycles. The van der Waals surface area contributed by atoms with Gasteiger partial charge in [0.2, 0.25) is 5.91 Å². The van der Waals surface area contributed by atoms with E-state index in [1.165, 1.54) is 24.0 Å². The molecule has 15 heavy (non-hydrogen) atoms. The molecule has 78 valence electrons. The number of nitrogens with one attached hydrogen (secondary N) is 1. The van der Waals surface area contributed by atoms with Crippen molar-refractivity contribution in [3.63, 3.8) is 0 Å². The van der Waals surface area contributed by atoms with Crippen molar-refractivity contribution in [2.45, 2.75) is 31.1 Å². The number of carbonyl (C=O) groups is 1. The lowest BCUT2D eigenvalue weighted by Gasteiger charge is -2.34. The number of rotatable bonds is 0. The van der Waals surface area contributed by atoms with E-state index >= 15 is 0 Å². The molecule has 1 unspecified atom stereocenters. The highest BCUT2D eigenvalue weighted by Gasteiger charge is 2.40. The molecule has 2 aliphatic rings. The van der Waals surface area contributed by atoms with Crippen LogP contribution in [0.15, 0.2) is 24.3 Å². The van der Waals surface area contributed by atoms with Crippen LogP contribution in [0.2, 0.25) is 0 Å². The summed E-state index contributed by atoms with van der Waals surface area (Å²) in [6, 6.07) is 8.68. The lowest BCUT2D eigenvalue weighted by atomic mass is 9.76. The Hall–Kier alpha value is -1.31. The SMILES string of the molecule is O=C1CCC2(CCc3ccccc32)CN1. The summed E-state index contributed by atoms with van der Waals surface area (Å²) in [6.45, 7) is 0.836. The zero-order valence-electron chi connectivity index (χ0n) is 8.75. The average Bonchev–Trinajstić information content (AvgIpc) is 2.63. The third kappa shape index (κ3) is 1.28. The van der Waals surface area contributed by atoms with Crippen molar-refractivity contribution in [3.8, 4) is 0 Å². The second-order valence-corrected chi connectivity index (χ2v) is 4.71. The van der Waals surface area contributed by atoms with E-state index < -0.39 is 0 Å². The van der Waals surface area contributed by atoms with Crippen LogP contribution in [0.4, 0.5) is 0 Å². The van der Waals surface area contributed by atoms with E-state index in [0.29, 0.717) is 6.42 Å². The van der Waals surface area contributed by atoms with Gasteiger partial charge in [0.1, 0.15) is 0 Å². The maximum Gasteiger partial charge on any atom is 0.220 e. The number of hydrogen-bond acceptors (Lipinski definition) is 1. The molecule has 3 rings (SSSR count). The van der Waals surface area contributed by atoms with E-state index in [-0.39, 0.29) is 11.3 Å². The second-order valence-electron chi connectivity index (χ2n) is 4.71. The lowest BCUT2D eigenvalue weighted by molar-refractivity contribution is -0.123. The van der Waals surface area contributed by atoms with Crippen LogP contribution in [-0.4, -0.2) is 12.5 Å². The van der Waals surface area contributed by atoms with Crippen LogP contribution in [0, 0.1) is 0 Å². The summed E-state index contributed by atoms with van der Waals surface area (Å²) in [7, 11) is 0. The molecule has 1 spiro atoms. The largest absolute Gasteiger partial charge is 0.355 e. The standard InChI is InChI=1S/C13H15NO/c15-12-6-8-13(9-14-12)7-5-10-3-1-2-4-11(10)13/h1-4H,5-9H2,(H,14,15). The molecule has 1 amide bonds. The molecule has 1 heterocycles. The normalized spacial score (nSPS) is 28.9. The molecule has 1 aliphatic heterocycles. The van der Waals surface area contributed by atoms with E-state index in [9.17, 15) is 4.79 Å². The van der Waals surface area contributed by atoms with Gasteiger partial charge in [0, 0.05) is 18.4 Å². The Balaban J connectivity index is 1.98. The molecule has 1 fully saturated rings. The molecule has 0 bridgehead atoms. The zero-order chi connectivity index (χ0) is 10.3. The molecular formula is C13H15NO. The Morgan fingerprint density at radius 1 is 1.13 bits per heavy atom. The first-order valence-electron chi connectivity index (χ1n) is 5.65. The van der Waals surface area contributed by atoms with Gasteiger partial charge in [-0.2, -0.15) is 0 Å². The Morgan fingerprint density at radius 2 is 1.93 bits per heavy atom. The number of hydrogen-bond donors (Lipinski definition) is 1. The van der Waals surface area contributed by atoms with Gasteiger partial charge < -0.3 is 5.32 Å². The first-order valence-corrected chi connectivity index (χ1v) is 5.65. The molecule has 1 aliphatic carbocycles. The third-order valence-corrected chi connectivity index (χ3v) is 3.92. The molecule has 1 atom stereocenters. The summed E-state index contributed by atoms with van der Waals surface area (Å²) in [6.07, 6.45) is 4.09. The van der Waals surface area contributed by atoms with Crippen molar-refractivity contribution in [2.75, 3.05) is 6.54 Å². The highest BCUT2D eigenvalue weighted by atomic mass is 16.1. The minimum Gasteiger partial charge on any atom is -0.355 e. The topological polar surface area (TPSA) is 29.1 Å². The van der Waals surface area contributed by atoms with Crippen molar-refractivity contribution in [1.82, 2.24) is 5.32 Å². The Kier molecular flexibility index (Phi) is 1.84. The minimum absolute atomic E-state index is 0.213. The highest BCUT2D eigenvalue weighted by molar-refractivity contribution is 5.77. The van der Waals surface area contributed by atoms with Gasteiger partial charge in [-0.25, -0.2) is 0 Å². The van der Waals surface area contributed by atoms with E-state index in [1.54, 1.807) is 0 Å². The van der Waals surface area contributed by atoms with Crippen LogP contribution in [0.25, 0.3) is 0 Å². The summed E-state index contributed by atoms with van der Waals surface area (Å²) in [5.74, 6) is 0.213.